The third-order valence-electron chi connectivity index (χ3n) is 2.00. The van der Waals surface area contributed by atoms with E-state index in [1.54, 1.807) is 0 Å². The Kier molecular flexibility index (Phi) is 3.95. The summed E-state index contributed by atoms with van der Waals surface area (Å²) in [5.74, 6) is -1.62. The summed E-state index contributed by atoms with van der Waals surface area (Å²) in [5, 5.41) is 10.3. The van der Waals surface area contributed by atoms with Gasteiger partial charge in [0.1, 0.15) is 11.8 Å². The number of benzene rings is 1. The Morgan fingerprint density at radius 1 is 1.35 bits per heavy atom. The molecular weight excluding hydrogens is 239 g/mol. The second-order valence-electron chi connectivity index (χ2n) is 3.39. The zero-order chi connectivity index (χ0) is 13.1. The van der Waals surface area contributed by atoms with Crippen LogP contribution in [0.4, 0.5) is 13.2 Å². The van der Waals surface area contributed by atoms with Gasteiger partial charge in [0.2, 0.25) is 0 Å². The van der Waals surface area contributed by atoms with Gasteiger partial charge in [0.15, 0.2) is 0 Å². The molecule has 1 aromatic carbocycles. The molecule has 0 spiro atoms. The summed E-state index contributed by atoms with van der Waals surface area (Å²) in [7, 11) is 0. The van der Waals surface area contributed by atoms with E-state index >= 15 is 0 Å². The molecule has 0 aliphatic heterocycles. The van der Waals surface area contributed by atoms with Gasteiger partial charge in [-0.3, -0.25) is 0 Å². The van der Waals surface area contributed by atoms with Crippen LogP contribution in [0, 0.1) is 0 Å². The first-order valence-corrected chi connectivity index (χ1v) is 4.66. The average Bonchev–Trinajstić information content (AvgIpc) is 2.15. The van der Waals surface area contributed by atoms with Gasteiger partial charge in [-0.25, -0.2) is 0 Å². The van der Waals surface area contributed by atoms with Crippen molar-refractivity contribution >= 4 is 5.97 Å². The molecule has 0 aliphatic carbocycles. The Bertz CT molecular complexity index is 389. The monoisotopic (exact) mass is 249 g/mol. The Hall–Kier alpha value is -1.76. The number of ether oxygens (including phenoxy) is 1. The van der Waals surface area contributed by atoms with Crippen LogP contribution in [0.1, 0.15) is 18.0 Å². The molecule has 1 atom stereocenters. The van der Waals surface area contributed by atoms with Gasteiger partial charge in [0, 0.05) is 18.0 Å². The molecule has 7 heteroatoms. The molecule has 0 radical (unpaired) electrons. The predicted octanol–water partition coefficient (Wildman–Crippen LogP) is 0.00820. The first-order chi connectivity index (χ1) is 7.78. The lowest BCUT2D eigenvalue weighted by atomic mass is 10.1. The molecule has 4 nitrogen and oxygen atoms in total. The lowest BCUT2D eigenvalue weighted by Gasteiger charge is -2.11. The maximum absolute atomic E-state index is 11.9. The van der Waals surface area contributed by atoms with E-state index in [1.807, 2.05) is 0 Å². The largest absolute Gasteiger partial charge is 0.573 e. The fraction of sp³-hybridized carbons (Fsp3) is 0.300. The summed E-state index contributed by atoms with van der Waals surface area (Å²) < 4.78 is 39.2. The average molecular weight is 249 g/mol. The summed E-state index contributed by atoms with van der Waals surface area (Å²) in [6.45, 7) is 0. The Balaban J connectivity index is 2.71. The summed E-state index contributed by atoms with van der Waals surface area (Å²) in [6, 6.07) is 4.32. The molecule has 3 N–H and O–H groups in total. The molecule has 0 saturated carbocycles. The number of carbonyl (C=O) groups is 1. The van der Waals surface area contributed by atoms with E-state index in [0.29, 0.717) is 5.56 Å². The van der Waals surface area contributed by atoms with E-state index in [-0.39, 0.29) is 12.2 Å². The zero-order valence-electron chi connectivity index (χ0n) is 8.66. The summed E-state index contributed by atoms with van der Waals surface area (Å²) >= 11 is 0. The van der Waals surface area contributed by atoms with Gasteiger partial charge in [-0.2, -0.15) is 0 Å². The van der Waals surface area contributed by atoms with Crippen LogP contribution >= 0.6 is 0 Å². The topological polar surface area (TPSA) is 77.0 Å². The van der Waals surface area contributed by atoms with Gasteiger partial charge in [0.25, 0.3) is 0 Å². The molecule has 0 amide bonds. The maximum atomic E-state index is 11.9. The number of alkyl halides is 3. The minimum Gasteiger partial charge on any atom is -0.550 e. The number of carboxylic acid groups (broad SMARTS) is 1. The van der Waals surface area contributed by atoms with Crippen molar-refractivity contribution in [3.8, 4) is 5.75 Å². The van der Waals surface area contributed by atoms with Crippen LogP contribution in [0.25, 0.3) is 0 Å². The highest BCUT2D eigenvalue weighted by molar-refractivity contribution is 5.65. The van der Waals surface area contributed by atoms with Crippen LogP contribution in [0.3, 0.4) is 0 Å². The van der Waals surface area contributed by atoms with Crippen molar-refractivity contribution in [3.05, 3.63) is 29.8 Å². The van der Waals surface area contributed by atoms with Crippen molar-refractivity contribution in [2.75, 3.05) is 0 Å². The normalized spacial score (nSPS) is 13.2. The van der Waals surface area contributed by atoms with Gasteiger partial charge < -0.3 is 20.4 Å². The zero-order valence-corrected chi connectivity index (χ0v) is 8.66. The first-order valence-electron chi connectivity index (χ1n) is 4.66. The maximum Gasteiger partial charge on any atom is 0.573 e. The number of carbonyl (C=O) groups excluding carboxylic acids is 1. The van der Waals surface area contributed by atoms with Crippen LogP contribution in [0.15, 0.2) is 24.3 Å². The van der Waals surface area contributed by atoms with Crippen LogP contribution in [-0.2, 0) is 4.79 Å². The molecule has 0 heterocycles. The smallest absolute Gasteiger partial charge is 0.550 e. The molecule has 1 rings (SSSR count). The number of quaternary nitrogens is 1. The Labute approximate surface area is 94.8 Å². The number of halogens is 3. The van der Waals surface area contributed by atoms with Gasteiger partial charge >= 0.3 is 6.36 Å². The summed E-state index contributed by atoms with van der Waals surface area (Å²) in [5.41, 5.74) is 4.07. The van der Waals surface area contributed by atoms with Crippen LogP contribution in [0.5, 0.6) is 5.75 Å². The SMILES string of the molecule is [NH3+][C@@H](CC(=O)[O-])c1ccc(OC(F)(F)F)cc1. The highest BCUT2D eigenvalue weighted by atomic mass is 19.4. The van der Waals surface area contributed by atoms with E-state index < -0.39 is 18.4 Å². The van der Waals surface area contributed by atoms with Gasteiger partial charge in [-0.1, -0.05) is 0 Å². The van der Waals surface area contributed by atoms with Crippen molar-refractivity contribution < 1.29 is 33.5 Å². The van der Waals surface area contributed by atoms with Crippen molar-refractivity contribution in [1.29, 1.82) is 0 Å². The lowest BCUT2D eigenvalue weighted by molar-refractivity contribution is -0.430. The molecule has 1 aromatic rings. The highest BCUT2D eigenvalue weighted by Gasteiger charge is 2.31. The van der Waals surface area contributed by atoms with Crippen molar-refractivity contribution in [3.63, 3.8) is 0 Å². The fourth-order valence-corrected chi connectivity index (χ4v) is 1.26. The van der Waals surface area contributed by atoms with Crippen LogP contribution in [-0.4, -0.2) is 12.3 Å². The molecule has 0 aromatic heterocycles. The third kappa shape index (κ3) is 4.73. The van der Waals surface area contributed by atoms with E-state index in [9.17, 15) is 23.1 Å². The second-order valence-corrected chi connectivity index (χ2v) is 3.39. The van der Waals surface area contributed by atoms with E-state index in [2.05, 4.69) is 10.5 Å². The molecule has 94 valence electrons. The minimum atomic E-state index is -4.74. The lowest BCUT2D eigenvalue weighted by Crippen LogP contribution is -2.55. The molecular formula is C10H10F3NO3. The molecule has 17 heavy (non-hydrogen) atoms. The number of rotatable bonds is 4. The highest BCUT2D eigenvalue weighted by Crippen LogP contribution is 2.24. The fourth-order valence-electron chi connectivity index (χ4n) is 1.26. The number of hydrogen-bond donors (Lipinski definition) is 1. The number of carboxylic acids is 1. The molecule has 0 fully saturated rings. The van der Waals surface area contributed by atoms with Gasteiger partial charge in [-0.15, -0.1) is 13.2 Å². The first kappa shape index (κ1) is 13.3. The van der Waals surface area contributed by atoms with Crippen LogP contribution in [0.2, 0.25) is 0 Å². The predicted molar refractivity (Wildman–Crippen MR) is 48.4 cm³/mol. The van der Waals surface area contributed by atoms with Crippen molar-refractivity contribution in [2.45, 2.75) is 18.8 Å². The Morgan fingerprint density at radius 2 is 1.88 bits per heavy atom. The molecule has 0 unspecified atom stereocenters. The minimum absolute atomic E-state index is 0.292. The van der Waals surface area contributed by atoms with E-state index in [4.69, 9.17) is 0 Å². The summed E-state index contributed by atoms with van der Waals surface area (Å²) in [4.78, 5) is 10.3. The Morgan fingerprint density at radius 3 is 2.29 bits per heavy atom. The quantitative estimate of drug-likeness (QED) is 0.816. The third-order valence-corrected chi connectivity index (χ3v) is 2.00. The molecule has 0 bridgehead atoms. The van der Waals surface area contributed by atoms with Gasteiger partial charge in [0.05, 0.1) is 0 Å². The summed E-state index contributed by atoms with van der Waals surface area (Å²) in [6.07, 6.45) is -5.03. The number of hydrogen-bond acceptors (Lipinski definition) is 3. The van der Waals surface area contributed by atoms with Gasteiger partial charge in [-0.05, 0) is 24.3 Å². The van der Waals surface area contributed by atoms with E-state index in [0.717, 1.165) is 12.1 Å². The standard InChI is InChI=1S/C10H10F3NO3/c11-10(12,13)17-7-3-1-6(2-4-7)8(14)5-9(15)16/h1-4,8H,5,14H2,(H,15,16)/t8-/m0/s1. The van der Waals surface area contributed by atoms with Crippen molar-refractivity contribution in [1.82, 2.24) is 0 Å². The second kappa shape index (κ2) is 5.05. The number of aliphatic carboxylic acids is 1. The van der Waals surface area contributed by atoms with E-state index in [1.165, 1.54) is 12.1 Å². The van der Waals surface area contributed by atoms with Crippen molar-refractivity contribution in [2.24, 2.45) is 0 Å². The molecule has 0 saturated heterocycles. The van der Waals surface area contributed by atoms with Crippen LogP contribution < -0.4 is 15.6 Å². The molecule has 0 aliphatic rings.